The van der Waals surface area contributed by atoms with Crippen LogP contribution in [0.15, 0.2) is 28.9 Å². The van der Waals surface area contributed by atoms with Crippen molar-refractivity contribution in [3.05, 3.63) is 45.8 Å². The number of nitrogens with two attached hydrogens (primary N) is 1. The molecule has 1 atom stereocenters. The van der Waals surface area contributed by atoms with E-state index in [0.29, 0.717) is 18.1 Å². The van der Waals surface area contributed by atoms with Crippen LogP contribution in [0.1, 0.15) is 18.9 Å². The van der Waals surface area contributed by atoms with Gasteiger partial charge in [-0.05, 0) is 24.6 Å². The van der Waals surface area contributed by atoms with Gasteiger partial charge in [0.1, 0.15) is 10.9 Å². The van der Waals surface area contributed by atoms with Crippen LogP contribution < -0.4 is 11.1 Å². The quantitative estimate of drug-likeness (QED) is 0.529. The summed E-state index contributed by atoms with van der Waals surface area (Å²) >= 11 is 7.71. The van der Waals surface area contributed by atoms with Crippen molar-refractivity contribution >= 4 is 69.6 Å². The molecule has 6 nitrogen and oxygen atoms in total. The van der Waals surface area contributed by atoms with E-state index in [-0.39, 0.29) is 38.9 Å². The number of hydrogen-bond donors (Lipinski definition) is 2. The van der Waals surface area contributed by atoms with E-state index >= 15 is 0 Å². The molecule has 3 aromatic rings. The van der Waals surface area contributed by atoms with Gasteiger partial charge >= 0.3 is 0 Å². The summed E-state index contributed by atoms with van der Waals surface area (Å²) in [6.07, 6.45) is 1.94. The van der Waals surface area contributed by atoms with Gasteiger partial charge in [0.2, 0.25) is 5.91 Å². The fourth-order valence-corrected chi connectivity index (χ4v) is 4.12. The highest BCUT2D eigenvalue weighted by atomic mass is 35.5. The highest BCUT2D eigenvalue weighted by Gasteiger charge is 2.21. The molecule has 3 rings (SSSR count). The number of nitrogens with zero attached hydrogens (tertiary/aromatic N) is 2. The zero-order chi connectivity index (χ0) is 20.3. The fourth-order valence-electron chi connectivity index (χ4n) is 2.63. The largest absolute Gasteiger partial charge is 0.467 e. The van der Waals surface area contributed by atoms with Crippen LogP contribution in [-0.2, 0) is 17.8 Å². The van der Waals surface area contributed by atoms with E-state index in [0.717, 1.165) is 37.0 Å². The maximum Gasteiger partial charge on any atom is 0.239 e. The minimum absolute atomic E-state index is 0. The van der Waals surface area contributed by atoms with Crippen LogP contribution in [0.5, 0.6) is 0 Å². The van der Waals surface area contributed by atoms with Crippen molar-refractivity contribution in [1.29, 1.82) is 0 Å². The highest BCUT2D eigenvalue weighted by Crippen LogP contribution is 2.37. The van der Waals surface area contributed by atoms with Crippen LogP contribution in [0.2, 0.25) is 5.15 Å². The molecule has 0 spiro atoms. The van der Waals surface area contributed by atoms with Crippen LogP contribution in [0, 0.1) is 6.92 Å². The number of thiophene rings is 1. The van der Waals surface area contributed by atoms with Crippen LogP contribution in [0.4, 0.5) is 5.69 Å². The van der Waals surface area contributed by atoms with Crippen LogP contribution in [-0.4, -0.2) is 35.9 Å². The SMILES string of the molecule is Cl.Cl.[2H]CN(C[2H])C(=O)[C@@H](N)Cc1sc2c(NCc3ccco3)cc(Cl)nc2c1C. The molecule has 0 unspecified atom stereocenters. The lowest BCUT2D eigenvalue weighted by molar-refractivity contribution is -0.130. The van der Waals surface area contributed by atoms with Gasteiger partial charge in [0.05, 0.1) is 34.8 Å². The Labute approximate surface area is 188 Å². The number of carbonyl (C=O) groups is 1. The Bertz CT molecular complexity index is 968. The Morgan fingerprint density at radius 3 is 2.89 bits per heavy atom. The zero-order valence-electron chi connectivity index (χ0n) is 17.1. The summed E-state index contributed by atoms with van der Waals surface area (Å²) in [5, 5.41) is 3.69. The first-order valence-electron chi connectivity index (χ1n) is 9.33. The second kappa shape index (κ2) is 10.3. The first kappa shape index (κ1) is 21.2. The number of amides is 1. The number of rotatable bonds is 6. The van der Waals surface area contributed by atoms with Gasteiger partial charge in [0.25, 0.3) is 0 Å². The van der Waals surface area contributed by atoms with Crippen molar-refractivity contribution in [3.63, 3.8) is 0 Å². The van der Waals surface area contributed by atoms with Crippen molar-refractivity contribution < 1.29 is 12.0 Å². The minimum atomic E-state index is -0.808. The summed E-state index contributed by atoms with van der Waals surface area (Å²) < 4.78 is 21.0. The van der Waals surface area contributed by atoms with Crippen molar-refractivity contribution in [1.82, 2.24) is 9.88 Å². The highest BCUT2D eigenvalue weighted by molar-refractivity contribution is 7.19. The Morgan fingerprint density at radius 2 is 2.25 bits per heavy atom. The summed E-state index contributed by atoms with van der Waals surface area (Å²) in [6, 6.07) is 4.67. The third kappa shape index (κ3) is 5.30. The number of fused-ring (bicyclic) bond motifs is 1. The van der Waals surface area contributed by atoms with Crippen LogP contribution in [0.25, 0.3) is 10.2 Å². The van der Waals surface area contributed by atoms with Crippen molar-refractivity contribution in [2.75, 3.05) is 19.4 Å². The van der Waals surface area contributed by atoms with Crippen molar-refractivity contribution in [3.8, 4) is 0 Å². The normalized spacial score (nSPS) is 12.4. The molecule has 1 amide bonds. The van der Waals surface area contributed by atoms with Gasteiger partial charge in [-0.1, -0.05) is 11.6 Å². The summed E-state index contributed by atoms with van der Waals surface area (Å²) in [5.41, 5.74) is 8.59. The smallest absolute Gasteiger partial charge is 0.239 e. The molecule has 0 aromatic carbocycles. The second-order valence-electron chi connectivity index (χ2n) is 5.94. The molecule has 0 bridgehead atoms. The molecule has 3 heterocycles. The van der Waals surface area contributed by atoms with E-state index in [2.05, 4.69) is 10.3 Å². The molecule has 0 aliphatic rings. The number of anilines is 1. The van der Waals surface area contributed by atoms with E-state index in [1.807, 2.05) is 19.1 Å². The zero-order valence-corrected chi connectivity index (χ0v) is 18.3. The number of carbonyl (C=O) groups excluding carboxylic acids is 1. The molecule has 0 aliphatic carbocycles. The fraction of sp³-hybridized carbons (Fsp3) is 0.333. The summed E-state index contributed by atoms with van der Waals surface area (Å²) in [7, 11) is -0.557. The second-order valence-corrected chi connectivity index (χ2v) is 7.43. The number of halogens is 3. The maximum absolute atomic E-state index is 12.3. The topological polar surface area (TPSA) is 84.4 Å². The van der Waals surface area contributed by atoms with Crippen molar-refractivity contribution in [2.45, 2.75) is 25.9 Å². The van der Waals surface area contributed by atoms with Gasteiger partial charge in [-0.3, -0.25) is 4.79 Å². The Kier molecular flexibility index (Phi) is 7.82. The Hall–Kier alpha value is -1.51. The van der Waals surface area contributed by atoms with E-state index in [4.69, 9.17) is 24.5 Å². The molecule has 10 heteroatoms. The lowest BCUT2D eigenvalue weighted by atomic mass is 10.1. The average molecular weight is 468 g/mol. The molecule has 3 N–H and O–H groups in total. The predicted octanol–water partition coefficient (Wildman–Crippen LogP) is 4.26. The molecular formula is C18H23Cl3N4O2S. The molecule has 3 aromatic heterocycles. The minimum Gasteiger partial charge on any atom is -0.467 e. The molecule has 0 aliphatic heterocycles. The molecule has 0 saturated heterocycles. The van der Waals surface area contributed by atoms with Gasteiger partial charge in [0.15, 0.2) is 0 Å². The Balaban J connectivity index is 0.00000225. The Morgan fingerprint density at radius 1 is 1.50 bits per heavy atom. The predicted molar refractivity (Wildman–Crippen MR) is 120 cm³/mol. The van der Waals surface area contributed by atoms with Crippen LogP contribution in [0.3, 0.4) is 0 Å². The van der Waals surface area contributed by atoms with Gasteiger partial charge in [-0.2, -0.15) is 0 Å². The van der Waals surface area contributed by atoms with E-state index in [1.54, 1.807) is 12.3 Å². The summed E-state index contributed by atoms with van der Waals surface area (Å²) in [5.74, 6) is 0.400. The number of hydrogen-bond acceptors (Lipinski definition) is 6. The number of furan rings is 1. The molecule has 0 saturated carbocycles. The monoisotopic (exact) mass is 466 g/mol. The molecule has 0 radical (unpaired) electrons. The molecule has 0 fully saturated rings. The number of aryl methyl sites for hydroxylation is 1. The van der Waals surface area contributed by atoms with Crippen LogP contribution >= 0.6 is 47.8 Å². The molecular weight excluding hydrogens is 443 g/mol. The van der Waals surface area contributed by atoms with Gasteiger partial charge < -0.3 is 20.4 Å². The van der Waals surface area contributed by atoms with Crippen molar-refractivity contribution in [2.24, 2.45) is 5.73 Å². The number of likely N-dealkylation sites (N-methyl/N-ethyl adjacent to an activating group) is 1. The average Bonchev–Trinajstić information content (AvgIpc) is 3.30. The first-order valence-corrected chi connectivity index (χ1v) is 9.11. The van der Waals surface area contributed by atoms with Gasteiger partial charge in [-0.15, -0.1) is 36.2 Å². The number of pyridine rings is 1. The first-order chi connectivity index (χ1) is 13.4. The molecule has 28 heavy (non-hydrogen) atoms. The van der Waals surface area contributed by atoms with E-state index in [9.17, 15) is 4.79 Å². The van der Waals surface area contributed by atoms with E-state index in [1.165, 1.54) is 11.3 Å². The maximum atomic E-state index is 12.3. The lowest BCUT2D eigenvalue weighted by Gasteiger charge is -2.16. The third-order valence-corrected chi connectivity index (χ3v) is 5.54. The van der Waals surface area contributed by atoms with Gasteiger partial charge in [-0.25, -0.2) is 4.98 Å². The van der Waals surface area contributed by atoms with E-state index < -0.39 is 11.9 Å². The summed E-state index contributed by atoms with van der Waals surface area (Å²) in [4.78, 5) is 18.8. The molecule has 154 valence electrons. The standard InChI is InChI=1S/C18H21ClN4O2S.2ClH/c1-10-14(7-12(20)18(24)23(2)3)26-17-13(8-15(19)22-16(10)17)21-9-11-5-4-6-25-11;;/h4-6,8,12H,7,9,20H2,1-3H3,(H,21,22);2*1H/t12-;;/m0../s1/i2D,3D;;. The third-order valence-electron chi connectivity index (χ3n) is 4.01. The number of aromatic nitrogens is 1. The van der Waals surface area contributed by atoms with Gasteiger partial charge in [0, 0.05) is 34.2 Å². The summed E-state index contributed by atoms with van der Waals surface area (Å²) in [6.45, 7) is 2.44. The lowest BCUT2D eigenvalue weighted by Crippen LogP contribution is -2.41. The number of nitrogens with one attached hydrogen (secondary N) is 1.